The van der Waals surface area contributed by atoms with Crippen molar-refractivity contribution < 1.29 is 23.5 Å². The van der Waals surface area contributed by atoms with Crippen molar-refractivity contribution in [3.63, 3.8) is 0 Å². The summed E-state index contributed by atoms with van der Waals surface area (Å²) in [5, 5.41) is 0. The van der Waals surface area contributed by atoms with Crippen LogP contribution in [0.15, 0.2) is 46.4 Å². The number of carbonyl (C=O) groups excluding carboxylic acids is 2. The molecule has 0 fully saturated rings. The van der Waals surface area contributed by atoms with Crippen LogP contribution in [0.2, 0.25) is 0 Å². The molecule has 0 amide bonds. The van der Waals surface area contributed by atoms with Crippen molar-refractivity contribution in [2.24, 2.45) is 5.92 Å². The predicted molar refractivity (Wildman–Crippen MR) is 101 cm³/mol. The molecule has 4 bridgehead atoms. The lowest BCUT2D eigenvalue weighted by molar-refractivity contribution is -0.150. The first-order chi connectivity index (χ1) is 12.7. The molecule has 4 atom stereocenters. The molecule has 5 heteroatoms. The number of aryl methyl sites for hydroxylation is 1. The number of furan rings is 1. The molecule has 144 valence electrons. The molecule has 0 unspecified atom stereocenters. The Balaban J connectivity index is 2.17. The van der Waals surface area contributed by atoms with Crippen molar-refractivity contribution in [3.8, 4) is 0 Å². The number of rotatable bonds is 3. The quantitative estimate of drug-likeness (QED) is 0.570. The van der Waals surface area contributed by atoms with E-state index in [1.54, 1.807) is 0 Å². The SMILES string of the molecule is C=C(C)[C@@H]1CCC2=C[C@@H](OC2=O)[C@@H](C(=C)C)c2cc(C)c(o2)[C@@H]1OC(C)=O. The lowest BCUT2D eigenvalue weighted by Crippen LogP contribution is -2.21. The topological polar surface area (TPSA) is 65.7 Å². The van der Waals surface area contributed by atoms with Gasteiger partial charge in [0.25, 0.3) is 0 Å². The molecule has 1 aromatic heterocycles. The van der Waals surface area contributed by atoms with Gasteiger partial charge >= 0.3 is 11.9 Å². The summed E-state index contributed by atoms with van der Waals surface area (Å²) >= 11 is 0. The van der Waals surface area contributed by atoms with Crippen LogP contribution in [0.3, 0.4) is 0 Å². The Morgan fingerprint density at radius 3 is 2.52 bits per heavy atom. The Hall–Kier alpha value is -2.56. The molecule has 2 aliphatic heterocycles. The van der Waals surface area contributed by atoms with E-state index in [1.165, 1.54) is 6.92 Å². The summed E-state index contributed by atoms with van der Waals surface area (Å²) in [5.74, 6) is 0.146. The Morgan fingerprint density at radius 2 is 1.93 bits per heavy atom. The van der Waals surface area contributed by atoms with Gasteiger partial charge in [0, 0.05) is 18.4 Å². The maximum atomic E-state index is 12.3. The minimum atomic E-state index is -0.576. The van der Waals surface area contributed by atoms with Crippen LogP contribution in [0.25, 0.3) is 0 Å². The van der Waals surface area contributed by atoms with Crippen LogP contribution >= 0.6 is 0 Å². The minimum Gasteiger partial charge on any atom is -0.461 e. The summed E-state index contributed by atoms with van der Waals surface area (Å²) in [7, 11) is 0. The van der Waals surface area contributed by atoms with E-state index >= 15 is 0 Å². The zero-order valence-electron chi connectivity index (χ0n) is 16.3. The van der Waals surface area contributed by atoms with Gasteiger partial charge in [-0.15, -0.1) is 0 Å². The van der Waals surface area contributed by atoms with E-state index < -0.39 is 12.2 Å². The van der Waals surface area contributed by atoms with Crippen LogP contribution in [-0.4, -0.2) is 18.0 Å². The molecule has 0 N–H and O–H groups in total. The predicted octanol–water partition coefficient (Wildman–Crippen LogP) is 4.69. The average Bonchev–Trinajstić information content (AvgIpc) is 3.07. The Kier molecular flexibility index (Phi) is 5.13. The molecule has 1 aromatic rings. The third-order valence-electron chi connectivity index (χ3n) is 5.29. The number of hydrogen-bond acceptors (Lipinski definition) is 5. The molecule has 0 aliphatic carbocycles. The summed E-state index contributed by atoms with van der Waals surface area (Å²) in [6, 6.07) is 1.92. The molecule has 3 heterocycles. The zero-order valence-corrected chi connectivity index (χ0v) is 16.3. The van der Waals surface area contributed by atoms with Crippen molar-refractivity contribution in [2.75, 3.05) is 0 Å². The normalized spacial score (nSPS) is 27.3. The fraction of sp³-hybridized carbons (Fsp3) is 0.455. The van der Waals surface area contributed by atoms with E-state index in [1.807, 2.05) is 32.9 Å². The van der Waals surface area contributed by atoms with Crippen molar-refractivity contribution in [2.45, 2.75) is 58.7 Å². The largest absolute Gasteiger partial charge is 0.461 e. The zero-order chi connectivity index (χ0) is 19.9. The molecule has 0 saturated carbocycles. The van der Waals surface area contributed by atoms with Gasteiger partial charge < -0.3 is 13.9 Å². The van der Waals surface area contributed by atoms with Crippen molar-refractivity contribution in [1.29, 1.82) is 0 Å². The average molecular weight is 370 g/mol. The number of carbonyl (C=O) groups is 2. The van der Waals surface area contributed by atoms with E-state index in [9.17, 15) is 9.59 Å². The summed E-state index contributed by atoms with van der Waals surface area (Å²) in [6.07, 6.45) is 2.00. The van der Waals surface area contributed by atoms with Gasteiger partial charge in [-0.1, -0.05) is 24.3 Å². The van der Waals surface area contributed by atoms with E-state index in [4.69, 9.17) is 13.9 Å². The lowest BCUT2D eigenvalue weighted by atomic mass is 9.86. The van der Waals surface area contributed by atoms with Gasteiger partial charge in [-0.3, -0.25) is 4.79 Å². The summed E-state index contributed by atoms with van der Waals surface area (Å²) in [5.41, 5.74) is 3.24. The minimum absolute atomic E-state index is 0.166. The first-order valence-electron chi connectivity index (χ1n) is 9.19. The fourth-order valence-corrected chi connectivity index (χ4v) is 3.96. The first-order valence-corrected chi connectivity index (χ1v) is 9.19. The van der Waals surface area contributed by atoms with Crippen molar-refractivity contribution in [1.82, 2.24) is 0 Å². The fourth-order valence-electron chi connectivity index (χ4n) is 3.96. The number of ether oxygens (including phenoxy) is 2. The Bertz CT molecular complexity index is 841. The van der Waals surface area contributed by atoms with Gasteiger partial charge in [0.15, 0.2) is 6.10 Å². The molecule has 0 saturated heterocycles. The van der Waals surface area contributed by atoms with E-state index in [0.717, 1.165) is 16.7 Å². The van der Waals surface area contributed by atoms with Gasteiger partial charge in [0.1, 0.15) is 17.6 Å². The highest BCUT2D eigenvalue weighted by Gasteiger charge is 2.39. The second-order valence-corrected chi connectivity index (χ2v) is 7.60. The van der Waals surface area contributed by atoms with Gasteiger partial charge in [-0.2, -0.15) is 0 Å². The van der Waals surface area contributed by atoms with Gasteiger partial charge in [-0.05, 0) is 51.3 Å². The van der Waals surface area contributed by atoms with Crippen LogP contribution in [0.4, 0.5) is 0 Å². The highest BCUT2D eigenvalue weighted by molar-refractivity contribution is 5.91. The molecular weight excluding hydrogens is 344 g/mol. The standard InChI is InChI=1S/C22H26O5/c1-11(2)16-8-7-15-10-18(27-22(15)24)19(12(3)4)17-9-13(5)20(26-17)21(16)25-14(6)23/h9-10,16,18-19,21H,1,3,7-8H2,2,4-6H3/t16-,18+,19-,21+/m0/s1. The number of hydrogen-bond donors (Lipinski definition) is 0. The molecule has 3 rings (SSSR count). The third-order valence-corrected chi connectivity index (χ3v) is 5.29. The van der Waals surface area contributed by atoms with Crippen molar-refractivity contribution >= 4 is 11.9 Å². The van der Waals surface area contributed by atoms with Crippen LogP contribution in [0.5, 0.6) is 0 Å². The van der Waals surface area contributed by atoms with Crippen LogP contribution < -0.4 is 0 Å². The lowest BCUT2D eigenvalue weighted by Gasteiger charge is -2.27. The third kappa shape index (κ3) is 3.64. The summed E-state index contributed by atoms with van der Waals surface area (Å²) in [4.78, 5) is 24.1. The smallest absolute Gasteiger partial charge is 0.334 e. The monoisotopic (exact) mass is 370 g/mol. The van der Waals surface area contributed by atoms with E-state index in [2.05, 4.69) is 13.2 Å². The number of fused-ring (bicyclic) bond motifs is 3. The van der Waals surface area contributed by atoms with Gasteiger partial charge in [-0.25, -0.2) is 4.79 Å². The van der Waals surface area contributed by atoms with Crippen LogP contribution in [0.1, 0.15) is 62.7 Å². The van der Waals surface area contributed by atoms with Crippen LogP contribution in [-0.2, 0) is 19.1 Å². The van der Waals surface area contributed by atoms with Gasteiger partial charge in [0.05, 0.1) is 5.92 Å². The second-order valence-electron chi connectivity index (χ2n) is 7.60. The highest BCUT2D eigenvalue weighted by Crippen LogP contribution is 2.43. The number of esters is 2. The molecule has 27 heavy (non-hydrogen) atoms. The Labute approximate surface area is 159 Å². The highest BCUT2D eigenvalue weighted by atomic mass is 16.6. The van der Waals surface area contributed by atoms with Crippen molar-refractivity contribution in [3.05, 3.63) is 59.1 Å². The van der Waals surface area contributed by atoms with E-state index in [0.29, 0.717) is 29.9 Å². The molecule has 0 radical (unpaired) electrons. The van der Waals surface area contributed by atoms with Gasteiger partial charge in [0.2, 0.25) is 0 Å². The molecule has 2 aliphatic rings. The maximum absolute atomic E-state index is 12.3. The summed E-state index contributed by atoms with van der Waals surface area (Å²) < 4.78 is 17.5. The first kappa shape index (κ1) is 19.2. The second kappa shape index (κ2) is 7.22. The van der Waals surface area contributed by atoms with E-state index in [-0.39, 0.29) is 23.8 Å². The maximum Gasteiger partial charge on any atom is 0.334 e. The molecular formula is C22H26O5. The molecule has 0 spiro atoms. The van der Waals surface area contributed by atoms with Crippen LogP contribution in [0, 0.1) is 12.8 Å². The molecule has 5 nitrogen and oxygen atoms in total. The molecule has 0 aromatic carbocycles. The summed E-state index contributed by atoms with van der Waals surface area (Å²) in [6.45, 7) is 15.3. The Morgan fingerprint density at radius 1 is 1.22 bits per heavy atom.